The van der Waals surface area contributed by atoms with Gasteiger partial charge in [-0.1, -0.05) is 65.2 Å². The van der Waals surface area contributed by atoms with Gasteiger partial charge in [0.25, 0.3) is 5.92 Å². The fourth-order valence-corrected chi connectivity index (χ4v) is 5.32. The lowest BCUT2D eigenvalue weighted by atomic mass is 9.78. The summed E-state index contributed by atoms with van der Waals surface area (Å²) < 4.78 is 86.3. The maximum atomic E-state index is 15.3. The van der Waals surface area contributed by atoms with E-state index in [4.69, 9.17) is 9.47 Å². The van der Waals surface area contributed by atoms with Crippen molar-refractivity contribution in [2.75, 3.05) is 19.8 Å². The Hall–Kier alpha value is -2.22. The van der Waals surface area contributed by atoms with Crippen LogP contribution in [0, 0.1) is 23.5 Å². The molecule has 40 heavy (non-hydrogen) atoms. The lowest BCUT2D eigenvalue weighted by Gasteiger charge is -2.33. The summed E-state index contributed by atoms with van der Waals surface area (Å²) in [4.78, 5) is 3.67. The van der Waals surface area contributed by atoms with Gasteiger partial charge in [0.05, 0.1) is 17.9 Å². The molecule has 0 fully saturated rings. The third-order valence-electron chi connectivity index (χ3n) is 7.73. The van der Waals surface area contributed by atoms with Crippen LogP contribution in [0.3, 0.4) is 0 Å². The second-order valence-corrected chi connectivity index (χ2v) is 10.9. The molecule has 0 amide bonds. The molecular formula is C32H44F5NO2. The van der Waals surface area contributed by atoms with Gasteiger partial charge in [-0.15, -0.1) is 0 Å². The highest BCUT2D eigenvalue weighted by atomic mass is 19.3. The summed E-state index contributed by atoms with van der Waals surface area (Å²) in [6.45, 7) is 5.70. The van der Waals surface area contributed by atoms with Gasteiger partial charge < -0.3 is 9.47 Å². The van der Waals surface area contributed by atoms with Gasteiger partial charge >= 0.3 is 0 Å². The first kappa shape index (κ1) is 32.3. The Morgan fingerprint density at radius 3 is 2.25 bits per heavy atom. The number of aromatic nitrogens is 1. The first-order chi connectivity index (χ1) is 19.3. The van der Waals surface area contributed by atoms with Gasteiger partial charge in [-0.05, 0) is 62.3 Å². The number of nitrogens with zero attached hydrogens (tertiary/aromatic N) is 1. The summed E-state index contributed by atoms with van der Waals surface area (Å²) in [6.07, 6.45) is 11.4. The standard InChI is InChI=1S/C32H44F5NO2/c1-3-5-7-8-9-10-11-14-24-16-15-23-22-26(38-31(35)28(23)32(24,36)37)25-17-18-27(30(34)29(25)33)40-21-13-12-20-39-19-6-4-2/h17-18,22,24H,3-16,19-21H2,1-2H3. The van der Waals surface area contributed by atoms with Gasteiger partial charge in [0.1, 0.15) is 0 Å². The molecule has 2 aromatic rings. The Labute approximate surface area is 235 Å². The van der Waals surface area contributed by atoms with E-state index in [9.17, 15) is 8.78 Å². The lowest BCUT2D eigenvalue weighted by Crippen LogP contribution is -2.33. The summed E-state index contributed by atoms with van der Waals surface area (Å²) >= 11 is 0. The molecule has 1 aromatic heterocycles. The van der Waals surface area contributed by atoms with Gasteiger partial charge in [-0.2, -0.15) is 8.78 Å². The molecule has 0 radical (unpaired) electrons. The predicted molar refractivity (Wildman–Crippen MR) is 148 cm³/mol. The molecule has 1 atom stereocenters. The molecule has 0 saturated heterocycles. The minimum absolute atomic E-state index is 0.101. The van der Waals surface area contributed by atoms with E-state index in [2.05, 4.69) is 18.8 Å². The second-order valence-electron chi connectivity index (χ2n) is 10.9. The number of alkyl halides is 2. The number of hydrogen-bond donors (Lipinski definition) is 0. The van der Waals surface area contributed by atoms with Crippen molar-refractivity contribution < 1.29 is 31.4 Å². The van der Waals surface area contributed by atoms with Crippen LogP contribution < -0.4 is 4.74 Å². The average Bonchev–Trinajstić information content (AvgIpc) is 2.92. The van der Waals surface area contributed by atoms with Crippen LogP contribution in [0.4, 0.5) is 22.0 Å². The van der Waals surface area contributed by atoms with Crippen LogP contribution >= 0.6 is 0 Å². The predicted octanol–water partition coefficient (Wildman–Crippen LogP) is 9.94. The number of ether oxygens (including phenoxy) is 2. The van der Waals surface area contributed by atoms with E-state index in [1.807, 2.05) is 0 Å². The number of aryl methyl sites for hydroxylation is 1. The number of benzene rings is 1. The average molecular weight is 570 g/mol. The zero-order valence-corrected chi connectivity index (χ0v) is 24.0. The first-order valence-corrected chi connectivity index (χ1v) is 15.1. The van der Waals surface area contributed by atoms with Crippen LogP contribution in [0.25, 0.3) is 11.3 Å². The molecule has 0 bridgehead atoms. The number of pyridine rings is 1. The molecule has 1 unspecified atom stereocenters. The van der Waals surface area contributed by atoms with Crippen molar-refractivity contribution in [1.29, 1.82) is 0 Å². The van der Waals surface area contributed by atoms with E-state index < -0.39 is 35.0 Å². The van der Waals surface area contributed by atoms with Crippen molar-refractivity contribution in [3.05, 3.63) is 46.9 Å². The third kappa shape index (κ3) is 8.64. The van der Waals surface area contributed by atoms with Gasteiger partial charge in [0, 0.05) is 24.7 Å². The molecule has 224 valence electrons. The minimum atomic E-state index is -3.35. The quantitative estimate of drug-likeness (QED) is 0.102. The van der Waals surface area contributed by atoms with Crippen LogP contribution in [0.15, 0.2) is 18.2 Å². The summed E-state index contributed by atoms with van der Waals surface area (Å²) in [7, 11) is 0. The molecule has 0 N–H and O–H groups in total. The van der Waals surface area contributed by atoms with Crippen molar-refractivity contribution in [3.63, 3.8) is 0 Å². The Bertz CT molecular complexity index is 1060. The number of unbranched alkanes of at least 4 members (excludes halogenated alkanes) is 8. The van der Waals surface area contributed by atoms with Gasteiger partial charge in [0.2, 0.25) is 11.8 Å². The van der Waals surface area contributed by atoms with Gasteiger partial charge in [0.15, 0.2) is 11.6 Å². The molecule has 3 rings (SSSR count). The van der Waals surface area contributed by atoms with E-state index in [1.54, 1.807) is 0 Å². The lowest BCUT2D eigenvalue weighted by molar-refractivity contribution is -0.0824. The van der Waals surface area contributed by atoms with Crippen molar-refractivity contribution in [2.24, 2.45) is 5.92 Å². The fraction of sp³-hybridized carbons (Fsp3) is 0.656. The van der Waals surface area contributed by atoms with Crippen LogP contribution in [0.5, 0.6) is 5.75 Å². The Morgan fingerprint density at radius 1 is 0.825 bits per heavy atom. The van der Waals surface area contributed by atoms with Crippen LogP contribution in [0.1, 0.15) is 108 Å². The topological polar surface area (TPSA) is 31.4 Å². The highest BCUT2D eigenvalue weighted by Crippen LogP contribution is 2.48. The van der Waals surface area contributed by atoms with Crippen LogP contribution in [0.2, 0.25) is 0 Å². The maximum absolute atomic E-state index is 15.3. The highest BCUT2D eigenvalue weighted by molar-refractivity contribution is 5.63. The molecule has 1 aromatic carbocycles. The van der Waals surface area contributed by atoms with E-state index in [0.29, 0.717) is 32.5 Å². The first-order valence-electron chi connectivity index (χ1n) is 15.1. The number of hydrogen-bond acceptors (Lipinski definition) is 3. The Balaban J connectivity index is 1.62. The van der Waals surface area contributed by atoms with Gasteiger partial charge in [-0.25, -0.2) is 18.2 Å². The van der Waals surface area contributed by atoms with Crippen molar-refractivity contribution >= 4 is 0 Å². The third-order valence-corrected chi connectivity index (χ3v) is 7.73. The SMILES string of the molecule is CCCCCCCCCC1CCc2cc(-c3ccc(OCCCCOCCCC)c(F)c3F)nc(F)c2C1(F)F. The van der Waals surface area contributed by atoms with E-state index in [-0.39, 0.29) is 42.0 Å². The highest BCUT2D eigenvalue weighted by Gasteiger charge is 2.47. The molecule has 1 heterocycles. The summed E-state index contributed by atoms with van der Waals surface area (Å²) in [6, 6.07) is 3.78. The molecule has 1 aliphatic rings. The molecule has 0 aliphatic heterocycles. The molecule has 3 nitrogen and oxygen atoms in total. The molecule has 0 spiro atoms. The van der Waals surface area contributed by atoms with E-state index in [1.165, 1.54) is 24.6 Å². The number of rotatable bonds is 18. The van der Waals surface area contributed by atoms with Gasteiger partial charge in [-0.3, -0.25) is 0 Å². The smallest absolute Gasteiger partial charge is 0.280 e. The summed E-state index contributed by atoms with van der Waals surface area (Å²) in [5.41, 5.74) is -1.09. The second kappa shape index (κ2) is 16.3. The fourth-order valence-electron chi connectivity index (χ4n) is 5.32. The largest absolute Gasteiger partial charge is 0.490 e. The van der Waals surface area contributed by atoms with Crippen molar-refractivity contribution in [3.8, 4) is 17.0 Å². The molecular weight excluding hydrogens is 525 g/mol. The molecule has 1 aliphatic carbocycles. The Morgan fingerprint density at radius 2 is 1.50 bits per heavy atom. The normalized spacial score (nSPS) is 16.2. The van der Waals surface area contributed by atoms with Crippen molar-refractivity contribution in [1.82, 2.24) is 4.98 Å². The summed E-state index contributed by atoms with van der Waals surface area (Å²) in [5, 5.41) is 0. The van der Waals surface area contributed by atoms with Crippen LogP contribution in [-0.2, 0) is 17.1 Å². The number of fused-ring (bicyclic) bond motifs is 1. The Kier molecular flexibility index (Phi) is 13.1. The van der Waals surface area contributed by atoms with Crippen molar-refractivity contribution in [2.45, 2.75) is 110 Å². The zero-order valence-electron chi connectivity index (χ0n) is 24.0. The molecule has 8 heteroatoms. The van der Waals surface area contributed by atoms with E-state index in [0.717, 1.165) is 51.4 Å². The number of halogens is 5. The monoisotopic (exact) mass is 569 g/mol. The summed E-state index contributed by atoms with van der Waals surface area (Å²) in [5.74, 6) is -8.34. The molecule has 0 saturated carbocycles. The minimum Gasteiger partial charge on any atom is -0.490 e. The maximum Gasteiger partial charge on any atom is 0.280 e. The zero-order chi connectivity index (χ0) is 29.0. The van der Waals surface area contributed by atoms with E-state index >= 15 is 13.2 Å². The van der Waals surface area contributed by atoms with Crippen LogP contribution in [-0.4, -0.2) is 24.8 Å².